The van der Waals surface area contributed by atoms with E-state index in [1.807, 2.05) is 30.3 Å². The molecular formula is C20H28O5. The maximum Gasteiger partial charge on any atom is 0.147 e. The molecule has 0 fully saturated rings. The van der Waals surface area contributed by atoms with E-state index in [1.54, 1.807) is 6.08 Å². The fourth-order valence-electron chi connectivity index (χ4n) is 2.25. The monoisotopic (exact) mass is 348 g/mol. The van der Waals surface area contributed by atoms with Gasteiger partial charge in [0.05, 0.1) is 12.7 Å². The molecule has 0 amide bonds. The van der Waals surface area contributed by atoms with Crippen molar-refractivity contribution in [3.8, 4) is 12.3 Å². The number of aliphatic hydroxyl groups is 1. The molecule has 0 aliphatic rings. The minimum atomic E-state index is -0.838. The molecule has 25 heavy (non-hydrogen) atoms. The number of terminal acetylenes is 1. The highest BCUT2D eigenvalue weighted by molar-refractivity contribution is 5.13. The lowest BCUT2D eigenvalue weighted by molar-refractivity contribution is -0.141. The number of aliphatic hydroxyl groups excluding tert-OH is 1. The van der Waals surface area contributed by atoms with Gasteiger partial charge >= 0.3 is 0 Å². The fourth-order valence-corrected chi connectivity index (χ4v) is 2.25. The molecule has 0 heterocycles. The topological polar surface area (TPSA) is 57.2 Å². The van der Waals surface area contributed by atoms with Crippen LogP contribution in [0.5, 0.6) is 0 Å². The van der Waals surface area contributed by atoms with E-state index in [4.69, 9.17) is 25.4 Å². The summed E-state index contributed by atoms with van der Waals surface area (Å²) in [5.41, 5.74) is 1.13. The molecule has 0 unspecified atom stereocenters. The quantitative estimate of drug-likeness (QED) is 0.242. The smallest absolute Gasteiger partial charge is 0.147 e. The molecular weight excluding hydrogens is 320 g/mol. The van der Waals surface area contributed by atoms with Gasteiger partial charge in [-0.05, 0) is 12.0 Å². The molecule has 0 saturated carbocycles. The average molecular weight is 348 g/mol. The lowest BCUT2D eigenvalue weighted by Gasteiger charge is -2.28. The van der Waals surface area contributed by atoms with Crippen molar-refractivity contribution in [1.82, 2.24) is 0 Å². The third kappa shape index (κ3) is 8.82. The molecule has 5 nitrogen and oxygen atoms in total. The maximum atomic E-state index is 10.2. The average Bonchev–Trinajstić information content (AvgIpc) is 2.64. The van der Waals surface area contributed by atoms with Gasteiger partial charge in [-0.2, -0.15) is 0 Å². The first kappa shape index (κ1) is 21.4. The largest absolute Gasteiger partial charge is 0.389 e. The molecule has 0 spiro atoms. The maximum absolute atomic E-state index is 10.2. The highest BCUT2D eigenvalue weighted by Crippen LogP contribution is 2.14. The van der Waals surface area contributed by atoms with Gasteiger partial charge in [-0.15, -0.1) is 18.9 Å². The summed E-state index contributed by atoms with van der Waals surface area (Å²) >= 11 is 0. The van der Waals surface area contributed by atoms with E-state index >= 15 is 0 Å². The molecule has 138 valence electrons. The Labute approximate surface area is 150 Å². The normalized spacial score (nSPS) is 14.4. The molecule has 1 rings (SSSR count). The summed E-state index contributed by atoms with van der Waals surface area (Å²) in [5, 5.41) is 10.2. The number of methoxy groups -OCH3 is 1. The summed E-state index contributed by atoms with van der Waals surface area (Å²) < 4.78 is 21.8. The van der Waals surface area contributed by atoms with E-state index in [0.29, 0.717) is 26.2 Å². The van der Waals surface area contributed by atoms with Crippen LogP contribution in [-0.4, -0.2) is 50.5 Å². The first-order valence-electron chi connectivity index (χ1n) is 8.30. The minimum Gasteiger partial charge on any atom is -0.389 e. The number of benzene rings is 1. The van der Waals surface area contributed by atoms with E-state index < -0.39 is 18.3 Å². The second kappa shape index (κ2) is 13.6. The molecule has 0 aromatic heterocycles. The van der Waals surface area contributed by atoms with Crippen LogP contribution in [0.3, 0.4) is 0 Å². The van der Waals surface area contributed by atoms with E-state index in [2.05, 4.69) is 12.5 Å². The predicted octanol–water partition coefficient (Wildman–Crippen LogP) is 2.54. The Balaban J connectivity index is 2.35. The van der Waals surface area contributed by atoms with Crippen LogP contribution in [0.15, 0.2) is 43.0 Å². The van der Waals surface area contributed by atoms with Crippen LogP contribution in [0, 0.1) is 12.3 Å². The number of hydrogen-bond donors (Lipinski definition) is 1. The van der Waals surface area contributed by atoms with Crippen molar-refractivity contribution in [2.75, 3.05) is 27.1 Å². The third-order valence-corrected chi connectivity index (χ3v) is 3.50. The van der Waals surface area contributed by atoms with Gasteiger partial charge in [-0.3, -0.25) is 0 Å². The highest BCUT2D eigenvalue weighted by Gasteiger charge is 2.27. The number of hydrogen-bond acceptors (Lipinski definition) is 5. The molecule has 1 aromatic rings. The van der Waals surface area contributed by atoms with E-state index in [1.165, 1.54) is 7.11 Å². The third-order valence-electron chi connectivity index (χ3n) is 3.50. The Morgan fingerprint density at radius 1 is 1.24 bits per heavy atom. The van der Waals surface area contributed by atoms with E-state index in [-0.39, 0.29) is 13.2 Å². The van der Waals surface area contributed by atoms with Gasteiger partial charge in [0.25, 0.3) is 0 Å². The second-order valence-corrected chi connectivity index (χ2v) is 5.48. The molecule has 1 aromatic carbocycles. The molecule has 5 heteroatoms. The van der Waals surface area contributed by atoms with Gasteiger partial charge < -0.3 is 24.1 Å². The first-order valence-corrected chi connectivity index (χ1v) is 8.30. The lowest BCUT2D eigenvalue weighted by Crippen LogP contribution is -2.40. The zero-order valence-electron chi connectivity index (χ0n) is 14.8. The predicted molar refractivity (Wildman–Crippen MR) is 96.9 cm³/mol. The summed E-state index contributed by atoms with van der Waals surface area (Å²) in [5.74, 6) is 2.44. The molecule has 0 radical (unpaired) electrons. The summed E-state index contributed by atoms with van der Waals surface area (Å²) in [6.07, 6.45) is 5.79. The van der Waals surface area contributed by atoms with Crippen LogP contribution in [0.1, 0.15) is 18.4 Å². The molecule has 0 saturated heterocycles. The Kier molecular flexibility index (Phi) is 11.6. The Morgan fingerprint density at radius 3 is 2.64 bits per heavy atom. The van der Waals surface area contributed by atoms with Gasteiger partial charge in [0.15, 0.2) is 0 Å². The first-order chi connectivity index (χ1) is 12.2. The molecule has 0 aliphatic heterocycles. The van der Waals surface area contributed by atoms with Gasteiger partial charge in [0, 0.05) is 26.7 Å². The molecule has 1 N–H and O–H groups in total. The summed E-state index contributed by atoms with van der Waals surface area (Å²) in [7, 11) is 1.53. The second-order valence-electron chi connectivity index (χ2n) is 5.48. The SMILES string of the molecule is C#CC[C@@H](O)[C@@H](OCCCOCc1ccccc1)[C@@H](C=C)OCOC. The van der Waals surface area contributed by atoms with Crippen LogP contribution < -0.4 is 0 Å². The zero-order valence-corrected chi connectivity index (χ0v) is 14.8. The van der Waals surface area contributed by atoms with Crippen LogP contribution in [0.2, 0.25) is 0 Å². The summed E-state index contributed by atoms with van der Waals surface area (Å²) in [6, 6.07) is 9.97. The van der Waals surface area contributed by atoms with Crippen molar-refractivity contribution in [3.05, 3.63) is 48.6 Å². The highest BCUT2D eigenvalue weighted by atomic mass is 16.7. The van der Waals surface area contributed by atoms with Crippen LogP contribution in [0.25, 0.3) is 0 Å². The van der Waals surface area contributed by atoms with Crippen LogP contribution >= 0.6 is 0 Å². The Morgan fingerprint density at radius 2 is 2.00 bits per heavy atom. The zero-order chi connectivity index (χ0) is 18.3. The molecule has 3 atom stereocenters. The van der Waals surface area contributed by atoms with Crippen molar-refractivity contribution >= 4 is 0 Å². The molecule has 0 aliphatic carbocycles. The summed E-state index contributed by atoms with van der Waals surface area (Å²) in [4.78, 5) is 0. The van der Waals surface area contributed by atoms with Crippen molar-refractivity contribution in [1.29, 1.82) is 0 Å². The van der Waals surface area contributed by atoms with E-state index in [0.717, 1.165) is 5.56 Å². The van der Waals surface area contributed by atoms with Crippen molar-refractivity contribution in [3.63, 3.8) is 0 Å². The lowest BCUT2D eigenvalue weighted by atomic mass is 10.1. The van der Waals surface area contributed by atoms with Crippen molar-refractivity contribution in [2.45, 2.75) is 37.8 Å². The van der Waals surface area contributed by atoms with Crippen molar-refractivity contribution < 1.29 is 24.1 Å². The van der Waals surface area contributed by atoms with E-state index in [9.17, 15) is 5.11 Å². The van der Waals surface area contributed by atoms with Gasteiger partial charge in [0.2, 0.25) is 0 Å². The minimum absolute atomic E-state index is 0.0828. The van der Waals surface area contributed by atoms with Crippen LogP contribution in [-0.2, 0) is 25.6 Å². The number of rotatable bonds is 14. The fraction of sp³-hybridized carbons (Fsp3) is 0.500. The summed E-state index contributed by atoms with van der Waals surface area (Å²) in [6.45, 7) is 5.35. The number of ether oxygens (including phenoxy) is 4. The van der Waals surface area contributed by atoms with Gasteiger partial charge in [-0.1, -0.05) is 36.4 Å². The Bertz CT molecular complexity index is 497. The standard InChI is InChI=1S/C20H28O5/c1-4-10-18(21)20(19(5-2)25-16-22-3)24-14-9-13-23-15-17-11-7-6-8-12-17/h1,5-8,11-12,18-21H,2,9-10,13-16H2,3H3/t18-,19-,20-/m1/s1. The van der Waals surface area contributed by atoms with Crippen LogP contribution in [0.4, 0.5) is 0 Å². The van der Waals surface area contributed by atoms with Gasteiger partial charge in [-0.25, -0.2) is 0 Å². The van der Waals surface area contributed by atoms with Gasteiger partial charge in [0.1, 0.15) is 19.0 Å². The molecule has 0 bridgehead atoms. The Hall–Kier alpha value is -1.68. The van der Waals surface area contributed by atoms with Crippen molar-refractivity contribution in [2.24, 2.45) is 0 Å².